The van der Waals surface area contributed by atoms with E-state index in [9.17, 15) is 13.2 Å². The highest BCUT2D eigenvalue weighted by Crippen LogP contribution is 2.29. The Labute approximate surface area is 122 Å². The number of alkyl halides is 3. The van der Waals surface area contributed by atoms with Crippen LogP contribution < -0.4 is 11.3 Å². The number of thioether (sulfide) groups is 1. The van der Waals surface area contributed by atoms with E-state index in [-0.39, 0.29) is 6.04 Å². The highest BCUT2D eigenvalue weighted by molar-refractivity contribution is 7.99. The van der Waals surface area contributed by atoms with Crippen LogP contribution in [-0.2, 0) is 12.6 Å². The molecule has 0 radical (unpaired) electrons. The van der Waals surface area contributed by atoms with E-state index < -0.39 is 11.7 Å². The Hall–Kier alpha value is -0.720. The Kier molecular flexibility index (Phi) is 6.85. The summed E-state index contributed by atoms with van der Waals surface area (Å²) in [5, 5.41) is 0.521. The summed E-state index contributed by atoms with van der Waals surface area (Å²) in [5.74, 6) is 6.27. The third-order valence-electron chi connectivity index (χ3n) is 3.13. The molecule has 2 nitrogen and oxygen atoms in total. The highest BCUT2D eigenvalue weighted by Gasteiger charge is 2.30. The average molecular weight is 306 g/mol. The summed E-state index contributed by atoms with van der Waals surface area (Å²) in [6, 6.07) is 5.39. The number of hydrogen-bond acceptors (Lipinski definition) is 3. The second kappa shape index (κ2) is 7.90. The fourth-order valence-corrected chi connectivity index (χ4v) is 2.73. The molecular formula is C14H21F3N2S. The Bertz CT molecular complexity index is 410. The van der Waals surface area contributed by atoms with Crippen LogP contribution in [0.1, 0.15) is 31.4 Å². The van der Waals surface area contributed by atoms with Crippen LogP contribution in [-0.4, -0.2) is 17.0 Å². The van der Waals surface area contributed by atoms with E-state index in [0.29, 0.717) is 17.2 Å². The molecule has 3 N–H and O–H groups in total. The van der Waals surface area contributed by atoms with Gasteiger partial charge in [0.15, 0.2) is 0 Å². The van der Waals surface area contributed by atoms with Crippen molar-refractivity contribution in [2.75, 3.05) is 5.75 Å². The van der Waals surface area contributed by atoms with Crippen molar-refractivity contribution in [2.45, 2.75) is 44.2 Å². The molecule has 2 unspecified atom stereocenters. The summed E-state index contributed by atoms with van der Waals surface area (Å²) in [7, 11) is 0. The van der Waals surface area contributed by atoms with E-state index in [1.165, 1.54) is 12.1 Å². The van der Waals surface area contributed by atoms with Crippen molar-refractivity contribution in [1.29, 1.82) is 0 Å². The zero-order chi connectivity index (χ0) is 15.2. The predicted molar refractivity (Wildman–Crippen MR) is 78.5 cm³/mol. The van der Waals surface area contributed by atoms with Gasteiger partial charge in [0.05, 0.1) is 5.56 Å². The lowest BCUT2D eigenvalue weighted by molar-refractivity contribution is -0.137. The molecule has 0 saturated heterocycles. The van der Waals surface area contributed by atoms with E-state index in [2.05, 4.69) is 19.3 Å². The Balaban J connectivity index is 2.65. The standard InChI is InChI=1S/C14H21F3N2S/c1-3-10(2)20-9-13(19-18)8-11-5-4-6-12(7-11)14(15,16)17/h4-7,10,13,19H,3,8-9,18H2,1-2H3. The molecule has 0 fully saturated rings. The lowest BCUT2D eigenvalue weighted by Crippen LogP contribution is -2.39. The van der Waals surface area contributed by atoms with Gasteiger partial charge in [-0.05, 0) is 24.5 Å². The maximum Gasteiger partial charge on any atom is 0.416 e. The molecule has 0 aliphatic heterocycles. The van der Waals surface area contributed by atoms with Crippen LogP contribution >= 0.6 is 11.8 Å². The van der Waals surface area contributed by atoms with Crippen LogP contribution in [0.25, 0.3) is 0 Å². The number of rotatable bonds is 7. The van der Waals surface area contributed by atoms with E-state index in [1.807, 2.05) is 0 Å². The fourth-order valence-electron chi connectivity index (χ4n) is 1.72. The Morgan fingerprint density at radius 3 is 2.60 bits per heavy atom. The van der Waals surface area contributed by atoms with Crippen molar-refractivity contribution in [2.24, 2.45) is 5.84 Å². The fraction of sp³-hybridized carbons (Fsp3) is 0.571. The van der Waals surface area contributed by atoms with Gasteiger partial charge in [0.2, 0.25) is 0 Å². The molecule has 1 rings (SSSR count). The SMILES string of the molecule is CCC(C)SCC(Cc1cccc(C(F)(F)F)c1)NN. The molecule has 20 heavy (non-hydrogen) atoms. The van der Waals surface area contributed by atoms with Crippen molar-refractivity contribution in [3.8, 4) is 0 Å². The van der Waals surface area contributed by atoms with Crippen LogP contribution in [0, 0.1) is 0 Å². The van der Waals surface area contributed by atoms with Gasteiger partial charge in [-0.25, -0.2) is 0 Å². The monoisotopic (exact) mass is 306 g/mol. The minimum Gasteiger partial charge on any atom is -0.271 e. The first kappa shape index (κ1) is 17.3. The normalized spacial score (nSPS) is 15.1. The van der Waals surface area contributed by atoms with Gasteiger partial charge in [-0.3, -0.25) is 11.3 Å². The summed E-state index contributed by atoms with van der Waals surface area (Å²) in [6.07, 6.45) is -2.75. The van der Waals surface area contributed by atoms with Gasteiger partial charge in [0.25, 0.3) is 0 Å². The topological polar surface area (TPSA) is 38.0 Å². The Morgan fingerprint density at radius 2 is 2.05 bits per heavy atom. The van der Waals surface area contributed by atoms with Gasteiger partial charge < -0.3 is 0 Å². The van der Waals surface area contributed by atoms with Gasteiger partial charge in [0, 0.05) is 17.0 Å². The molecule has 0 aliphatic carbocycles. The van der Waals surface area contributed by atoms with Crippen molar-refractivity contribution < 1.29 is 13.2 Å². The third kappa shape index (κ3) is 5.73. The Morgan fingerprint density at radius 1 is 1.35 bits per heavy atom. The summed E-state index contributed by atoms with van der Waals surface area (Å²) in [6.45, 7) is 4.23. The summed E-state index contributed by atoms with van der Waals surface area (Å²) in [5.41, 5.74) is 2.72. The second-order valence-corrected chi connectivity index (χ2v) is 6.29. The summed E-state index contributed by atoms with van der Waals surface area (Å²) >= 11 is 1.77. The van der Waals surface area contributed by atoms with Gasteiger partial charge >= 0.3 is 6.18 Å². The summed E-state index contributed by atoms with van der Waals surface area (Å²) in [4.78, 5) is 0. The molecule has 6 heteroatoms. The molecular weight excluding hydrogens is 285 g/mol. The summed E-state index contributed by atoms with van der Waals surface area (Å²) < 4.78 is 37.9. The maximum absolute atomic E-state index is 12.6. The highest BCUT2D eigenvalue weighted by atomic mass is 32.2. The number of halogens is 3. The van der Waals surface area contributed by atoms with Gasteiger partial charge in [-0.1, -0.05) is 32.0 Å². The zero-order valence-corrected chi connectivity index (χ0v) is 12.5. The number of hydrazine groups is 1. The second-order valence-electron chi connectivity index (χ2n) is 4.82. The van der Waals surface area contributed by atoms with Crippen molar-refractivity contribution in [3.63, 3.8) is 0 Å². The van der Waals surface area contributed by atoms with Crippen LogP contribution in [0.5, 0.6) is 0 Å². The number of nitrogens with two attached hydrogens (primary N) is 1. The molecule has 0 spiro atoms. The zero-order valence-electron chi connectivity index (χ0n) is 11.7. The lowest BCUT2D eigenvalue weighted by Gasteiger charge is -2.18. The van der Waals surface area contributed by atoms with Crippen LogP contribution in [0.2, 0.25) is 0 Å². The molecule has 2 atom stereocenters. The van der Waals surface area contributed by atoms with E-state index >= 15 is 0 Å². The van der Waals surface area contributed by atoms with Gasteiger partial charge in [-0.15, -0.1) is 0 Å². The molecule has 114 valence electrons. The quantitative estimate of drug-likeness (QED) is 0.597. The van der Waals surface area contributed by atoms with Crippen LogP contribution in [0.15, 0.2) is 24.3 Å². The number of hydrogen-bond donors (Lipinski definition) is 2. The third-order valence-corrected chi connectivity index (χ3v) is 4.63. The minimum absolute atomic E-state index is 0.0301. The lowest BCUT2D eigenvalue weighted by atomic mass is 10.0. The van der Waals surface area contributed by atoms with Gasteiger partial charge in [-0.2, -0.15) is 24.9 Å². The van der Waals surface area contributed by atoms with Crippen LogP contribution in [0.4, 0.5) is 13.2 Å². The van der Waals surface area contributed by atoms with E-state index in [0.717, 1.165) is 18.2 Å². The first-order valence-electron chi connectivity index (χ1n) is 6.60. The first-order chi connectivity index (χ1) is 9.36. The molecule has 0 heterocycles. The molecule has 0 aliphatic rings. The van der Waals surface area contributed by atoms with E-state index in [1.54, 1.807) is 17.8 Å². The largest absolute Gasteiger partial charge is 0.416 e. The molecule has 0 bridgehead atoms. The number of nitrogens with one attached hydrogen (secondary N) is 1. The smallest absolute Gasteiger partial charge is 0.271 e. The molecule has 0 saturated carbocycles. The number of benzene rings is 1. The first-order valence-corrected chi connectivity index (χ1v) is 7.65. The molecule has 0 aromatic heterocycles. The van der Waals surface area contributed by atoms with Crippen molar-refractivity contribution in [3.05, 3.63) is 35.4 Å². The van der Waals surface area contributed by atoms with Gasteiger partial charge in [0.1, 0.15) is 0 Å². The van der Waals surface area contributed by atoms with Crippen molar-refractivity contribution in [1.82, 2.24) is 5.43 Å². The molecule has 1 aromatic carbocycles. The van der Waals surface area contributed by atoms with E-state index in [4.69, 9.17) is 5.84 Å². The average Bonchev–Trinajstić information content (AvgIpc) is 2.42. The molecule has 1 aromatic rings. The van der Waals surface area contributed by atoms with Crippen molar-refractivity contribution >= 4 is 11.8 Å². The minimum atomic E-state index is -4.30. The predicted octanol–water partition coefficient (Wildman–Crippen LogP) is 3.61. The van der Waals surface area contributed by atoms with Crippen LogP contribution in [0.3, 0.4) is 0 Å². The maximum atomic E-state index is 12.6. The molecule has 0 amide bonds.